The normalized spacial score (nSPS) is 11.8. The van der Waals surface area contributed by atoms with Crippen LogP contribution in [-0.4, -0.2) is 10.9 Å². The molecular weight excluding hydrogens is 224 g/mol. The Morgan fingerprint density at radius 1 is 1.17 bits per heavy atom. The summed E-state index contributed by atoms with van der Waals surface area (Å²) < 4.78 is 0. The molecule has 0 saturated heterocycles. The molecule has 0 fully saturated rings. The van der Waals surface area contributed by atoms with Gasteiger partial charge in [0.25, 0.3) is 0 Å². The average molecular weight is 240 g/mol. The summed E-state index contributed by atoms with van der Waals surface area (Å²) in [6.45, 7) is 2.01. The highest BCUT2D eigenvalue weighted by Crippen LogP contribution is 2.20. The Morgan fingerprint density at radius 2 is 1.89 bits per heavy atom. The van der Waals surface area contributed by atoms with Crippen LogP contribution in [0.1, 0.15) is 24.8 Å². The number of rotatable bonds is 4. The molecule has 0 bridgehead atoms. The quantitative estimate of drug-likeness (QED) is 0.891. The van der Waals surface area contributed by atoms with Gasteiger partial charge < -0.3 is 5.32 Å². The van der Waals surface area contributed by atoms with Crippen LogP contribution in [0, 0.1) is 0 Å². The molecule has 0 aliphatic heterocycles. The first-order chi connectivity index (χ1) is 8.81. The highest BCUT2D eigenvalue weighted by Gasteiger charge is 2.18. The Labute approximate surface area is 107 Å². The molecule has 92 valence electrons. The maximum absolute atomic E-state index is 12.2. The largest absolute Gasteiger partial charge is 0.310 e. The molecular formula is C15H16N2O. The van der Waals surface area contributed by atoms with Crippen LogP contribution in [0.4, 0.5) is 5.82 Å². The van der Waals surface area contributed by atoms with Crippen LogP contribution in [0.15, 0.2) is 54.7 Å². The second-order valence-corrected chi connectivity index (χ2v) is 4.08. The summed E-state index contributed by atoms with van der Waals surface area (Å²) >= 11 is 0. The summed E-state index contributed by atoms with van der Waals surface area (Å²) in [6.07, 6.45) is 2.43. The van der Waals surface area contributed by atoms with E-state index in [2.05, 4.69) is 10.3 Å². The van der Waals surface area contributed by atoms with Gasteiger partial charge in [-0.15, -0.1) is 0 Å². The molecule has 1 aromatic carbocycles. The summed E-state index contributed by atoms with van der Waals surface area (Å²) in [5, 5.41) is 2.84. The fraction of sp³-hybridized carbons (Fsp3) is 0.200. The van der Waals surface area contributed by atoms with Gasteiger partial charge in [0.05, 0.1) is 5.92 Å². The third kappa shape index (κ3) is 2.94. The van der Waals surface area contributed by atoms with E-state index in [4.69, 9.17) is 0 Å². The van der Waals surface area contributed by atoms with Crippen LogP contribution in [-0.2, 0) is 4.79 Å². The number of aromatic nitrogens is 1. The van der Waals surface area contributed by atoms with Crippen LogP contribution in [0.2, 0.25) is 0 Å². The lowest BCUT2D eigenvalue weighted by Crippen LogP contribution is -2.21. The molecule has 1 heterocycles. The molecule has 0 saturated carbocycles. The number of carbonyl (C=O) groups is 1. The van der Waals surface area contributed by atoms with Gasteiger partial charge in [0.2, 0.25) is 5.91 Å². The maximum atomic E-state index is 12.2. The predicted molar refractivity (Wildman–Crippen MR) is 72.3 cm³/mol. The van der Waals surface area contributed by atoms with Crippen molar-refractivity contribution in [2.45, 2.75) is 19.3 Å². The van der Waals surface area contributed by atoms with Gasteiger partial charge in [0.15, 0.2) is 0 Å². The van der Waals surface area contributed by atoms with Gasteiger partial charge in [-0.05, 0) is 24.1 Å². The molecule has 0 aliphatic rings. The van der Waals surface area contributed by atoms with E-state index in [-0.39, 0.29) is 11.8 Å². The smallest absolute Gasteiger partial charge is 0.233 e. The van der Waals surface area contributed by atoms with Gasteiger partial charge in [0.1, 0.15) is 5.82 Å². The Morgan fingerprint density at radius 3 is 2.50 bits per heavy atom. The minimum Gasteiger partial charge on any atom is -0.310 e. The van der Waals surface area contributed by atoms with E-state index in [0.717, 1.165) is 12.0 Å². The monoisotopic (exact) mass is 240 g/mol. The first kappa shape index (κ1) is 12.3. The first-order valence-electron chi connectivity index (χ1n) is 6.08. The summed E-state index contributed by atoms with van der Waals surface area (Å²) in [7, 11) is 0. The number of carbonyl (C=O) groups excluding carboxylic acids is 1. The zero-order valence-electron chi connectivity index (χ0n) is 10.3. The number of amides is 1. The van der Waals surface area contributed by atoms with Gasteiger partial charge in [0, 0.05) is 6.20 Å². The van der Waals surface area contributed by atoms with E-state index in [1.807, 2.05) is 49.4 Å². The molecule has 2 rings (SSSR count). The Hall–Kier alpha value is -2.16. The minimum atomic E-state index is -0.131. The number of nitrogens with one attached hydrogen (secondary N) is 1. The highest BCUT2D eigenvalue weighted by atomic mass is 16.1. The summed E-state index contributed by atoms with van der Waals surface area (Å²) in [6, 6.07) is 15.3. The van der Waals surface area contributed by atoms with Crippen molar-refractivity contribution in [3.05, 3.63) is 60.3 Å². The van der Waals surface area contributed by atoms with Crippen molar-refractivity contribution in [2.75, 3.05) is 5.32 Å². The molecule has 3 nitrogen and oxygen atoms in total. The Kier molecular flexibility index (Phi) is 4.07. The molecule has 1 atom stereocenters. The molecule has 0 unspecified atom stereocenters. The van der Waals surface area contributed by atoms with E-state index in [1.165, 1.54) is 0 Å². The second kappa shape index (κ2) is 5.96. The molecule has 18 heavy (non-hydrogen) atoms. The van der Waals surface area contributed by atoms with Crippen molar-refractivity contribution in [1.82, 2.24) is 4.98 Å². The van der Waals surface area contributed by atoms with E-state index < -0.39 is 0 Å². The average Bonchev–Trinajstić information content (AvgIpc) is 2.42. The Bertz CT molecular complexity index is 496. The molecule has 0 spiro atoms. The molecule has 3 heteroatoms. The van der Waals surface area contributed by atoms with Crippen molar-refractivity contribution in [2.24, 2.45) is 0 Å². The lowest BCUT2D eigenvalue weighted by molar-refractivity contribution is -0.117. The summed E-state index contributed by atoms with van der Waals surface area (Å²) in [4.78, 5) is 16.3. The molecule has 1 N–H and O–H groups in total. The first-order valence-corrected chi connectivity index (χ1v) is 6.08. The zero-order valence-corrected chi connectivity index (χ0v) is 10.3. The number of anilines is 1. The van der Waals surface area contributed by atoms with Crippen LogP contribution in [0.25, 0.3) is 0 Å². The van der Waals surface area contributed by atoms with Gasteiger partial charge >= 0.3 is 0 Å². The second-order valence-electron chi connectivity index (χ2n) is 4.08. The van der Waals surface area contributed by atoms with Gasteiger partial charge in [-0.25, -0.2) is 4.98 Å². The van der Waals surface area contributed by atoms with Crippen LogP contribution < -0.4 is 5.32 Å². The third-order valence-electron chi connectivity index (χ3n) is 2.84. The predicted octanol–water partition coefficient (Wildman–Crippen LogP) is 3.21. The SMILES string of the molecule is CC[C@@H](C(=O)Nc1ccccn1)c1ccccc1. The number of benzene rings is 1. The molecule has 1 amide bonds. The maximum Gasteiger partial charge on any atom is 0.233 e. The van der Waals surface area contributed by atoms with E-state index >= 15 is 0 Å². The molecule has 1 aromatic heterocycles. The molecule has 0 aliphatic carbocycles. The Balaban J connectivity index is 2.12. The number of hydrogen-bond donors (Lipinski definition) is 1. The van der Waals surface area contributed by atoms with Crippen molar-refractivity contribution < 1.29 is 4.79 Å². The molecule has 2 aromatic rings. The number of pyridine rings is 1. The van der Waals surface area contributed by atoms with Crippen LogP contribution >= 0.6 is 0 Å². The minimum absolute atomic E-state index is 0.0117. The lowest BCUT2D eigenvalue weighted by atomic mass is 9.96. The lowest BCUT2D eigenvalue weighted by Gasteiger charge is -2.14. The number of hydrogen-bond acceptors (Lipinski definition) is 2. The van der Waals surface area contributed by atoms with Crippen molar-refractivity contribution in [3.63, 3.8) is 0 Å². The van der Waals surface area contributed by atoms with Crippen LogP contribution in [0.5, 0.6) is 0 Å². The van der Waals surface area contributed by atoms with E-state index in [0.29, 0.717) is 5.82 Å². The van der Waals surface area contributed by atoms with Gasteiger partial charge in [-0.2, -0.15) is 0 Å². The standard InChI is InChI=1S/C15H16N2O/c1-2-13(12-8-4-3-5-9-12)15(18)17-14-10-6-7-11-16-14/h3-11,13H,2H2,1H3,(H,16,17,18)/t13-/m1/s1. The van der Waals surface area contributed by atoms with E-state index in [9.17, 15) is 4.79 Å². The van der Waals surface area contributed by atoms with Crippen molar-refractivity contribution in [1.29, 1.82) is 0 Å². The van der Waals surface area contributed by atoms with Crippen molar-refractivity contribution >= 4 is 11.7 Å². The topological polar surface area (TPSA) is 42.0 Å². The summed E-state index contributed by atoms with van der Waals surface area (Å²) in [5.74, 6) is 0.451. The van der Waals surface area contributed by atoms with E-state index in [1.54, 1.807) is 12.3 Å². The number of nitrogens with zero attached hydrogens (tertiary/aromatic N) is 1. The highest BCUT2D eigenvalue weighted by molar-refractivity contribution is 5.95. The zero-order chi connectivity index (χ0) is 12.8. The van der Waals surface area contributed by atoms with Crippen LogP contribution in [0.3, 0.4) is 0 Å². The fourth-order valence-corrected chi connectivity index (χ4v) is 1.91. The fourth-order valence-electron chi connectivity index (χ4n) is 1.91. The van der Waals surface area contributed by atoms with Gasteiger partial charge in [-0.3, -0.25) is 4.79 Å². The van der Waals surface area contributed by atoms with Gasteiger partial charge in [-0.1, -0.05) is 43.3 Å². The third-order valence-corrected chi connectivity index (χ3v) is 2.84. The van der Waals surface area contributed by atoms with Crippen molar-refractivity contribution in [3.8, 4) is 0 Å². The molecule has 0 radical (unpaired) electrons. The summed E-state index contributed by atoms with van der Waals surface area (Å²) in [5.41, 5.74) is 1.04.